The van der Waals surface area contributed by atoms with Crippen LogP contribution in [0.15, 0.2) is 42.5 Å². The summed E-state index contributed by atoms with van der Waals surface area (Å²) >= 11 is 0. The normalized spacial score (nSPS) is 11.7. The second kappa shape index (κ2) is 6.11. The topological polar surface area (TPSA) is 58.0 Å². The number of phenols is 1. The highest BCUT2D eigenvalue weighted by molar-refractivity contribution is 5.91. The molecule has 0 fully saturated rings. The molecule has 0 aliphatic heterocycles. The number of fused-ring (bicyclic) bond motifs is 1. The second-order valence-corrected chi connectivity index (χ2v) is 6.80. The quantitative estimate of drug-likeness (QED) is 0.716. The van der Waals surface area contributed by atoms with Crippen LogP contribution < -0.4 is 5.32 Å². The van der Waals surface area contributed by atoms with Crippen molar-refractivity contribution in [3.8, 4) is 17.1 Å². The number of anilines is 1. The van der Waals surface area contributed by atoms with Crippen molar-refractivity contribution < 1.29 is 5.11 Å². The van der Waals surface area contributed by atoms with Gasteiger partial charge >= 0.3 is 0 Å². The average Bonchev–Trinajstić information content (AvgIpc) is 2.54. The van der Waals surface area contributed by atoms with E-state index in [-0.39, 0.29) is 11.3 Å². The fourth-order valence-corrected chi connectivity index (χ4v) is 2.53. The van der Waals surface area contributed by atoms with E-state index in [1.165, 1.54) is 0 Å². The van der Waals surface area contributed by atoms with Crippen LogP contribution in [0.1, 0.15) is 32.8 Å². The summed E-state index contributed by atoms with van der Waals surface area (Å²) in [7, 11) is 0. The number of aromatic nitrogens is 2. The Morgan fingerprint density at radius 3 is 2.54 bits per heavy atom. The zero-order valence-corrected chi connectivity index (χ0v) is 14.6. The van der Waals surface area contributed by atoms with Gasteiger partial charge in [0.2, 0.25) is 0 Å². The maximum absolute atomic E-state index is 10.2. The van der Waals surface area contributed by atoms with Crippen LogP contribution in [0, 0.1) is 6.92 Å². The largest absolute Gasteiger partial charge is 0.507 e. The molecule has 1 heterocycles. The Kier molecular flexibility index (Phi) is 4.14. The van der Waals surface area contributed by atoms with Crippen LogP contribution in [-0.2, 0) is 0 Å². The van der Waals surface area contributed by atoms with Crippen LogP contribution in [0.5, 0.6) is 5.75 Å². The van der Waals surface area contributed by atoms with Gasteiger partial charge in [0, 0.05) is 10.9 Å². The van der Waals surface area contributed by atoms with Crippen molar-refractivity contribution in [2.24, 2.45) is 0 Å². The lowest BCUT2D eigenvalue weighted by molar-refractivity contribution is 0.477. The van der Waals surface area contributed by atoms with Crippen LogP contribution >= 0.6 is 0 Å². The van der Waals surface area contributed by atoms with Gasteiger partial charge in [0.1, 0.15) is 11.6 Å². The predicted molar refractivity (Wildman–Crippen MR) is 99.4 cm³/mol. The van der Waals surface area contributed by atoms with Crippen molar-refractivity contribution in [1.82, 2.24) is 9.97 Å². The fraction of sp³-hybridized carbons (Fsp3) is 0.300. The number of benzene rings is 2. The van der Waals surface area contributed by atoms with Gasteiger partial charge in [-0.3, -0.25) is 0 Å². The summed E-state index contributed by atoms with van der Waals surface area (Å²) in [5.41, 5.74) is 2.57. The lowest BCUT2D eigenvalue weighted by atomic mass is 10.0. The van der Waals surface area contributed by atoms with E-state index in [4.69, 9.17) is 4.98 Å². The maximum atomic E-state index is 10.2. The minimum atomic E-state index is -0.0812. The van der Waals surface area contributed by atoms with Crippen molar-refractivity contribution in [3.05, 3.63) is 48.0 Å². The van der Waals surface area contributed by atoms with Gasteiger partial charge < -0.3 is 10.4 Å². The zero-order valence-electron chi connectivity index (χ0n) is 14.6. The molecule has 0 saturated heterocycles. The summed E-state index contributed by atoms with van der Waals surface area (Å²) in [4.78, 5) is 9.39. The molecule has 2 N–H and O–H groups in total. The van der Waals surface area contributed by atoms with Crippen molar-refractivity contribution in [1.29, 1.82) is 0 Å². The van der Waals surface area contributed by atoms with E-state index < -0.39 is 0 Å². The minimum absolute atomic E-state index is 0.0812. The van der Waals surface area contributed by atoms with Gasteiger partial charge in [-0.2, -0.15) is 0 Å². The fourth-order valence-electron chi connectivity index (χ4n) is 2.53. The first-order valence-corrected chi connectivity index (χ1v) is 8.24. The van der Waals surface area contributed by atoms with E-state index >= 15 is 0 Å². The van der Waals surface area contributed by atoms with Gasteiger partial charge in [-0.1, -0.05) is 25.1 Å². The predicted octanol–water partition coefficient (Wildman–Crippen LogP) is 4.91. The van der Waals surface area contributed by atoms with E-state index in [1.54, 1.807) is 12.1 Å². The number of aromatic hydroxyl groups is 1. The molecule has 0 radical (unpaired) electrons. The number of hydrogen-bond acceptors (Lipinski definition) is 4. The average molecular weight is 321 g/mol. The number of aryl methyl sites for hydroxylation is 1. The number of nitrogens with one attached hydrogen (secondary N) is 1. The second-order valence-electron chi connectivity index (χ2n) is 6.80. The molecule has 24 heavy (non-hydrogen) atoms. The lowest BCUT2D eigenvalue weighted by Crippen LogP contribution is -2.30. The van der Waals surface area contributed by atoms with Gasteiger partial charge in [-0.25, -0.2) is 9.97 Å². The molecule has 0 bridgehead atoms. The van der Waals surface area contributed by atoms with Gasteiger partial charge in [0.15, 0.2) is 5.82 Å². The van der Waals surface area contributed by atoms with Gasteiger partial charge in [-0.15, -0.1) is 0 Å². The third-order valence-corrected chi connectivity index (χ3v) is 4.34. The van der Waals surface area contributed by atoms with E-state index in [1.807, 2.05) is 31.2 Å². The summed E-state index contributed by atoms with van der Waals surface area (Å²) in [6.07, 6.45) is 0.969. The van der Waals surface area contributed by atoms with Crippen LogP contribution in [0.2, 0.25) is 0 Å². The Balaban J connectivity index is 2.23. The Labute approximate surface area is 142 Å². The molecule has 0 unspecified atom stereocenters. The highest BCUT2D eigenvalue weighted by Crippen LogP contribution is 2.31. The SMILES string of the molecule is CCC(C)(C)Nc1nc(-c2ccccc2O)nc2cc(C)ccc12. The summed E-state index contributed by atoms with van der Waals surface area (Å²) in [6, 6.07) is 13.3. The molecule has 1 aromatic heterocycles. The van der Waals surface area contributed by atoms with Crippen LogP contribution in [0.4, 0.5) is 5.82 Å². The summed E-state index contributed by atoms with van der Waals surface area (Å²) in [5.74, 6) is 1.51. The molecule has 0 saturated carbocycles. The number of hydrogen-bond donors (Lipinski definition) is 2. The number of phenolic OH excluding ortho intramolecular Hbond substituents is 1. The number of nitrogens with zero attached hydrogens (tertiary/aromatic N) is 2. The van der Waals surface area contributed by atoms with Gasteiger partial charge in [-0.05, 0) is 57.0 Å². The zero-order chi connectivity index (χ0) is 17.3. The van der Waals surface area contributed by atoms with Gasteiger partial charge in [0.25, 0.3) is 0 Å². The molecule has 0 aliphatic rings. The minimum Gasteiger partial charge on any atom is -0.507 e. The molecule has 0 atom stereocenters. The number of para-hydroxylation sites is 1. The summed E-state index contributed by atoms with van der Waals surface area (Å²) in [6.45, 7) is 8.48. The first kappa shape index (κ1) is 16.2. The first-order chi connectivity index (χ1) is 11.4. The van der Waals surface area contributed by atoms with E-state index in [2.05, 4.69) is 37.1 Å². The molecule has 0 spiro atoms. The smallest absolute Gasteiger partial charge is 0.165 e. The van der Waals surface area contributed by atoms with E-state index in [0.717, 1.165) is 28.7 Å². The summed E-state index contributed by atoms with van der Waals surface area (Å²) < 4.78 is 0. The molecule has 124 valence electrons. The number of rotatable bonds is 4. The summed E-state index contributed by atoms with van der Waals surface area (Å²) in [5, 5.41) is 14.7. The standard InChI is InChI=1S/C20H23N3O/c1-5-20(3,4)23-19-14-11-10-13(2)12-16(14)21-18(22-19)15-8-6-7-9-17(15)24/h6-12,24H,5H2,1-4H3,(H,21,22,23). The molecule has 3 aromatic rings. The first-order valence-electron chi connectivity index (χ1n) is 8.24. The Morgan fingerprint density at radius 1 is 1.08 bits per heavy atom. The van der Waals surface area contributed by atoms with Crippen LogP contribution in [0.25, 0.3) is 22.3 Å². The Bertz CT molecular complexity index is 887. The van der Waals surface area contributed by atoms with Gasteiger partial charge in [0.05, 0.1) is 11.1 Å². The van der Waals surface area contributed by atoms with Crippen molar-refractivity contribution in [2.75, 3.05) is 5.32 Å². The van der Waals surface area contributed by atoms with Crippen LogP contribution in [0.3, 0.4) is 0 Å². The molecule has 3 rings (SSSR count). The van der Waals surface area contributed by atoms with Crippen LogP contribution in [-0.4, -0.2) is 20.6 Å². The molecular weight excluding hydrogens is 298 g/mol. The third-order valence-electron chi connectivity index (χ3n) is 4.34. The Morgan fingerprint density at radius 2 is 1.83 bits per heavy atom. The van der Waals surface area contributed by atoms with E-state index in [9.17, 15) is 5.11 Å². The van der Waals surface area contributed by atoms with Crippen molar-refractivity contribution in [3.63, 3.8) is 0 Å². The van der Waals surface area contributed by atoms with E-state index in [0.29, 0.717) is 11.4 Å². The maximum Gasteiger partial charge on any atom is 0.165 e. The molecule has 4 nitrogen and oxygen atoms in total. The highest BCUT2D eigenvalue weighted by atomic mass is 16.3. The van der Waals surface area contributed by atoms with Crippen molar-refractivity contribution >= 4 is 16.7 Å². The monoisotopic (exact) mass is 321 g/mol. The molecule has 4 heteroatoms. The highest BCUT2D eigenvalue weighted by Gasteiger charge is 2.19. The molecule has 2 aromatic carbocycles. The molecule has 0 aliphatic carbocycles. The van der Waals surface area contributed by atoms with Crippen molar-refractivity contribution in [2.45, 2.75) is 39.7 Å². The lowest BCUT2D eigenvalue weighted by Gasteiger charge is -2.26. The molecular formula is C20H23N3O. The Hall–Kier alpha value is -2.62. The third kappa shape index (κ3) is 3.18. The molecule has 0 amide bonds.